The number of methoxy groups -OCH3 is 1. The number of allylic oxidation sites excluding steroid dienone is 2. The summed E-state index contributed by atoms with van der Waals surface area (Å²) in [5, 5.41) is 0. The van der Waals surface area contributed by atoms with Crippen molar-refractivity contribution in [2.24, 2.45) is 11.8 Å². The van der Waals surface area contributed by atoms with E-state index in [1.807, 2.05) is 12.2 Å². The van der Waals surface area contributed by atoms with Crippen molar-refractivity contribution in [3.63, 3.8) is 0 Å². The number of sulfonamides is 1. The van der Waals surface area contributed by atoms with Gasteiger partial charge in [0.05, 0.1) is 29.9 Å². The molecule has 0 bridgehead atoms. The van der Waals surface area contributed by atoms with E-state index in [0.717, 1.165) is 10.4 Å². The quantitative estimate of drug-likeness (QED) is 0.565. The first-order valence-electron chi connectivity index (χ1n) is 8.70. The second-order valence-corrected chi connectivity index (χ2v) is 8.91. The number of hydrogen-bond acceptors (Lipinski definition) is 5. The van der Waals surface area contributed by atoms with Crippen LogP contribution in [0.1, 0.15) is 12.8 Å². The molecule has 27 heavy (non-hydrogen) atoms. The highest BCUT2D eigenvalue weighted by molar-refractivity contribution is 7.89. The molecule has 1 aromatic carbocycles. The first-order valence-corrected chi connectivity index (χ1v) is 10.1. The van der Waals surface area contributed by atoms with E-state index in [-0.39, 0.29) is 47.4 Å². The number of ether oxygens (including phenoxy) is 1. The maximum absolute atomic E-state index is 13.8. The third-order valence-electron chi connectivity index (χ3n) is 5.50. The molecule has 0 aromatic heterocycles. The fraction of sp³-hybridized carbons (Fsp3) is 0.444. The molecule has 4 rings (SSSR count). The molecule has 2 saturated heterocycles. The molecule has 2 heterocycles. The molecule has 7 nitrogen and oxygen atoms in total. The number of halogens is 1. The summed E-state index contributed by atoms with van der Waals surface area (Å²) >= 11 is 0. The molecule has 0 N–H and O–H groups in total. The molecule has 144 valence electrons. The van der Waals surface area contributed by atoms with E-state index in [4.69, 9.17) is 4.74 Å². The van der Waals surface area contributed by atoms with Gasteiger partial charge in [0.25, 0.3) is 0 Å². The van der Waals surface area contributed by atoms with Crippen LogP contribution in [-0.4, -0.2) is 55.7 Å². The molecule has 2 atom stereocenters. The van der Waals surface area contributed by atoms with E-state index in [9.17, 15) is 22.4 Å². The molecule has 1 aliphatic carbocycles. The zero-order chi connectivity index (χ0) is 19.3. The van der Waals surface area contributed by atoms with Gasteiger partial charge in [0.2, 0.25) is 21.8 Å². The Bertz CT molecular complexity index is 913. The van der Waals surface area contributed by atoms with Crippen LogP contribution in [-0.2, 0) is 19.6 Å². The van der Waals surface area contributed by atoms with E-state index in [1.165, 1.54) is 24.1 Å². The van der Waals surface area contributed by atoms with Gasteiger partial charge in [-0.25, -0.2) is 12.8 Å². The Morgan fingerprint density at radius 1 is 1.07 bits per heavy atom. The predicted octanol–water partition coefficient (Wildman–Crippen LogP) is 1.16. The first-order chi connectivity index (χ1) is 12.8. The molecule has 9 heteroatoms. The fourth-order valence-corrected chi connectivity index (χ4v) is 5.45. The maximum Gasteiger partial charge on any atom is 0.243 e. The van der Waals surface area contributed by atoms with Crippen LogP contribution in [0.2, 0.25) is 0 Å². The van der Waals surface area contributed by atoms with Gasteiger partial charge in [-0.2, -0.15) is 4.31 Å². The van der Waals surface area contributed by atoms with Gasteiger partial charge in [-0.1, -0.05) is 12.2 Å². The summed E-state index contributed by atoms with van der Waals surface area (Å²) in [5.74, 6) is -1.90. The average Bonchev–Trinajstić information content (AvgIpc) is 2.86. The third-order valence-corrected chi connectivity index (χ3v) is 7.32. The Morgan fingerprint density at radius 2 is 1.67 bits per heavy atom. The number of nitrogens with zero attached hydrogens (tertiary/aromatic N) is 2. The topological polar surface area (TPSA) is 84.0 Å². The minimum absolute atomic E-state index is 0.0281. The molecule has 0 unspecified atom stereocenters. The number of amides is 2. The highest BCUT2D eigenvalue weighted by atomic mass is 32.2. The minimum Gasteiger partial charge on any atom is -0.494 e. The van der Waals surface area contributed by atoms with Crippen molar-refractivity contribution >= 4 is 21.8 Å². The number of carbonyl (C=O) groups is 2. The number of likely N-dealkylation sites (tertiary alicyclic amines) is 1. The lowest BCUT2D eigenvalue weighted by atomic mass is 9.85. The molecule has 0 spiro atoms. The number of fused-ring (bicyclic) bond motifs is 1. The average molecular weight is 394 g/mol. The second kappa shape index (κ2) is 6.42. The van der Waals surface area contributed by atoms with Crippen molar-refractivity contribution in [3.05, 3.63) is 36.2 Å². The summed E-state index contributed by atoms with van der Waals surface area (Å²) in [6.45, 7) is 0.0562. The Morgan fingerprint density at radius 3 is 2.19 bits per heavy atom. The van der Waals surface area contributed by atoms with E-state index in [2.05, 4.69) is 0 Å². The second-order valence-electron chi connectivity index (χ2n) is 6.97. The van der Waals surface area contributed by atoms with Gasteiger partial charge in [-0.05, 0) is 31.0 Å². The number of imide groups is 1. The van der Waals surface area contributed by atoms with Crippen LogP contribution >= 0.6 is 0 Å². The van der Waals surface area contributed by atoms with Crippen molar-refractivity contribution < 1.29 is 27.1 Å². The highest BCUT2D eigenvalue weighted by Crippen LogP contribution is 2.38. The largest absolute Gasteiger partial charge is 0.494 e. The van der Waals surface area contributed by atoms with E-state index >= 15 is 0 Å². The van der Waals surface area contributed by atoms with Gasteiger partial charge < -0.3 is 4.74 Å². The van der Waals surface area contributed by atoms with Crippen molar-refractivity contribution in [3.8, 4) is 5.75 Å². The summed E-state index contributed by atoms with van der Waals surface area (Å²) < 4.78 is 45.1. The monoisotopic (exact) mass is 394 g/mol. The molecule has 2 aliphatic heterocycles. The predicted molar refractivity (Wildman–Crippen MR) is 92.7 cm³/mol. The van der Waals surface area contributed by atoms with Crippen LogP contribution in [0.15, 0.2) is 35.2 Å². The van der Waals surface area contributed by atoms with E-state index < -0.39 is 21.9 Å². The van der Waals surface area contributed by atoms with Crippen LogP contribution in [0.3, 0.4) is 0 Å². The van der Waals surface area contributed by atoms with Gasteiger partial charge in [-0.15, -0.1) is 0 Å². The molecular formula is C18H19FN2O5S. The molecule has 2 fully saturated rings. The SMILES string of the molecule is COc1ccc(S(=O)(=O)N2CC(N3C(=O)[C@H]4CC=CC[C@H]4C3=O)C2)cc1F. The summed E-state index contributed by atoms with van der Waals surface area (Å²) in [6, 6.07) is 2.98. The van der Waals surface area contributed by atoms with Gasteiger partial charge in [0.15, 0.2) is 11.6 Å². The zero-order valence-electron chi connectivity index (χ0n) is 14.7. The lowest BCUT2D eigenvalue weighted by Crippen LogP contribution is -2.62. The maximum atomic E-state index is 13.8. The third kappa shape index (κ3) is 2.76. The Hall–Kier alpha value is -2.26. The smallest absolute Gasteiger partial charge is 0.243 e. The minimum atomic E-state index is -3.90. The van der Waals surface area contributed by atoms with Gasteiger partial charge in [-0.3, -0.25) is 14.5 Å². The number of hydrogen-bond donors (Lipinski definition) is 0. The fourth-order valence-electron chi connectivity index (χ4n) is 3.92. The zero-order valence-corrected chi connectivity index (χ0v) is 15.5. The van der Waals surface area contributed by atoms with Crippen LogP contribution in [0.5, 0.6) is 5.75 Å². The molecule has 0 radical (unpaired) electrons. The molecular weight excluding hydrogens is 375 g/mol. The van der Waals surface area contributed by atoms with Crippen molar-refractivity contribution in [2.45, 2.75) is 23.8 Å². The lowest BCUT2D eigenvalue weighted by Gasteiger charge is -2.42. The Labute approximate surface area is 156 Å². The van der Waals surface area contributed by atoms with Gasteiger partial charge in [0.1, 0.15) is 0 Å². The van der Waals surface area contributed by atoms with Crippen LogP contribution in [0.25, 0.3) is 0 Å². The molecule has 2 amide bonds. The lowest BCUT2D eigenvalue weighted by molar-refractivity contribution is -0.145. The van der Waals surface area contributed by atoms with Crippen molar-refractivity contribution in [2.75, 3.05) is 20.2 Å². The van der Waals surface area contributed by atoms with Gasteiger partial charge in [0, 0.05) is 13.1 Å². The van der Waals surface area contributed by atoms with Gasteiger partial charge >= 0.3 is 0 Å². The first kappa shape index (κ1) is 18.1. The van der Waals surface area contributed by atoms with E-state index in [0.29, 0.717) is 12.8 Å². The Kier molecular flexibility index (Phi) is 4.31. The van der Waals surface area contributed by atoms with Crippen molar-refractivity contribution in [1.82, 2.24) is 9.21 Å². The Balaban J connectivity index is 1.48. The van der Waals surface area contributed by atoms with E-state index in [1.54, 1.807) is 0 Å². The number of carbonyl (C=O) groups excluding carboxylic acids is 2. The highest BCUT2D eigenvalue weighted by Gasteiger charge is 2.53. The van der Waals surface area contributed by atoms with Crippen molar-refractivity contribution in [1.29, 1.82) is 0 Å². The van der Waals surface area contributed by atoms with Crippen LogP contribution in [0, 0.1) is 17.7 Å². The normalized spacial score (nSPS) is 26.2. The standard InChI is InChI=1S/C18H19FN2O5S/c1-26-16-7-6-12(8-15(16)19)27(24,25)20-9-11(10-20)21-17(22)13-4-2-3-5-14(13)18(21)23/h2-3,6-8,11,13-14H,4-5,9-10H2,1H3/t13-,14+. The number of benzene rings is 1. The number of rotatable bonds is 4. The summed E-state index contributed by atoms with van der Waals surface area (Å²) in [7, 11) is -2.60. The summed E-state index contributed by atoms with van der Waals surface area (Å²) in [4.78, 5) is 26.2. The molecule has 0 saturated carbocycles. The van der Waals surface area contributed by atoms with Crippen LogP contribution < -0.4 is 4.74 Å². The molecule has 3 aliphatic rings. The molecule has 1 aromatic rings. The van der Waals surface area contributed by atoms with Crippen LogP contribution in [0.4, 0.5) is 4.39 Å². The summed E-state index contributed by atoms with van der Waals surface area (Å²) in [5.41, 5.74) is 0. The summed E-state index contributed by atoms with van der Waals surface area (Å²) in [6.07, 6.45) is 4.91.